The Bertz CT molecular complexity index is 2340. The molecular formula is C55H59Cl3N2O10. The molecule has 2 aliphatic carbocycles. The second-order valence-corrected chi connectivity index (χ2v) is 19.6. The van der Waals surface area contributed by atoms with Crippen molar-refractivity contribution in [2.24, 2.45) is 35.5 Å². The molecule has 4 amide bonds. The summed E-state index contributed by atoms with van der Waals surface area (Å²) in [5.74, 6) is -0.490. The lowest BCUT2D eigenvalue weighted by Crippen LogP contribution is -2.43. The van der Waals surface area contributed by atoms with Crippen LogP contribution in [0.3, 0.4) is 0 Å². The predicted molar refractivity (Wildman–Crippen MR) is 267 cm³/mol. The van der Waals surface area contributed by atoms with Crippen molar-refractivity contribution in [2.45, 2.75) is 82.1 Å². The van der Waals surface area contributed by atoms with E-state index in [0.29, 0.717) is 86.5 Å². The molecule has 370 valence electrons. The van der Waals surface area contributed by atoms with Gasteiger partial charge in [-0.1, -0.05) is 132 Å². The quantitative estimate of drug-likeness (QED) is 0.0998. The largest absolute Gasteiger partial charge is 0.495 e. The standard InChI is InChI=1S/2C27H29NO5.CHCl3/c2*1-3-31-21-15-20-24(27(30)28(26(20)29)18-13-9-6-10-14-18)23-19(17-11-7-5-8-12-17)16-22(32-4-2)33-25(21)23;2-1(3)4/h2*5-14,19-20,22-24H,3-4,15-16H2,1-2H3;1H/t2*19-,20+,22+,23+,24+;/m11./s1. The van der Waals surface area contributed by atoms with Gasteiger partial charge in [-0.15, -0.1) is 0 Å². The number of imide groups is 2. The molecule has 15 heteroatoms. The van der Waals surface area contributed by atoms with E-state index in [-0.39, 0.29) is 47.3 Å². The van der Waals surface area contributed by atoms with E-state index in [1.165, 1.54) is 9.80 Å². The molecule has 0 bridgehead atoms. The number of carbonyl (C=O) groups is 4. The molecule has 6 aliphatic rings. The number of allylic oxidation sites excluding steroid dienone is 4. The molecular weight excluding hydrogens is 955 g/mol. The highest BCUT2D eigenvalue weighted by Crippen LogP contribution is 2.57. The van der Waals surface area contributed by atoms with Gasteiger partial charge in [-0.25, -0.2) is 0 Å². The van der Waals surface area contributed by atoms with Crippen LogP contribution in [0, 0.1) is 35.5 Å². The van der Waals surface area contributed by atoms with Gasteiger partial charge in [0.15, 0.2) is 16.9 Å². The monoisotopic (exact) mass is 1010 g/mol. The minimum Gasteiger partial charge on any atom is -0.495 e. The Balaban J connectivity index is 0.000000175. The first kappa shape index (κ1) is 51.0. The average molecular weight is 1010 g/mol. The van der Waals surface area contributed by atoms with Crippen molar-refractivity contribution in [1.29, 1.82) is 0 Å². The number of hydrogen-bond donors (Lipinski definition) is 0. The molecule has 4 aromatic carbocycles. The minimum atomic E-state index is -0.750. The van der Waals surface area contributed by atoms with Gasteiger partial charge in [-0.3, -0.25) is 29.0 Å². The third kappa shape index (κ3) is 10.5. The maximum atomic E-state index is 13.8. The van der Waals surface area contributed by atoms with Gasteiger partial charge in [-0.2, -0.15) is 0 Å². The van der Waals surface area contributed by atoms with Gasteiger partial charge in [0.25, 0.3) is 0 Å². The lowest BCUT2D eigenvalue weighted by atomic mass is 9.66. The first-order chi connectivity index (χ1) is 34.0. The lowest BCUT2D eigenvalue weighted by molar-refractivity contribution is -0.164. The average Bonchev–Trinajstić information content (AvgIpc) is 3.77. The molecule has 4 aromatic rings. The highest BCUT2D eigenvalue weighted by atomic mass is 35.6. The van der Waals surface area contributed by atoms with Crippen molar-refractivity contribution >= 4 is 69.8 Å². The second-order valence-electron chi connectivity index (χ2n) is 17.6. The number of halogens is 3. The molecule has 10 rings (SSSR count). The number of para-hydroxylation sites is 2. The van der Waals surface area contributed by atoms with Crippen LogP contribution in [0.2, 0.25) is 0 Å². The molecule has 0 spiro atoms. The Labute approximate surface area is 424 Å². The Kier molecular flexibility index (Phi) is 16.9. The highest BCUT2D eigenvalue weighted by Gasteiger charge is 2.61. The molecule has 4 fully saturated rings. The molecule has 10 atom stereocenters. The van der Waals surface area contributed by atoms with E-state index in [1.54, 1.807) is 0 Å². The number of nitrogens with zero attached hydrogens (tertiary/aromatic N) is 2. The van der Waals surface area contributed by atoms with Crippen molar-refractivity contribution in [1.82, 2.24) is 0 Å². The molecule has 0 radical (unpaired) electrons. The van der Waals surface area contributed by atoms with Crippen LogP contribution >= 0.6 is 34.8 Å². The molecule has 0 unspecified atom stereocenters. The van der Waals surface area contributed by atoms with Gasteiger partial charge in [0, 0.05) is 62.6 Å². The van der Waals surface area contributed by atoms with Crippen LogP contribution in [0.4, 0.5) is 11.4 Å². The second kappa shape index (κ2) is 23.2. The van der Waals surface area contributed by atoms with Gasteiger partial charge >= 0.3 is 0 Å². The van der Waals surface area contributed by atoms with E-state index in [4.69, 9.17) is 63.2 Å². The lowest BCUT2D eigenvalue weighted by Gasteiger charge is -2.44. The Morgan fingerprint density at radius 2 is 0.800 bits per heavy atom. The van der Waals surface area contributed by atoms with Crippen molar-refractivity contribution < 1.29 is 47.6 Å². The van der Waals surface area contributed by atoms with E-state index in [9.17, 15) is 19.2 Å². The van der Waals surface area contributed by atoms with Crippen LogP contribution in [0.15, 0.2) is 144 Å². The molecule has 70 heavy (non-hydrogen) atoms. The Hall–Kier alpha value is -5.37. The number of benzene rings is 4. The van der Waals surface area contributed by atoms with Gasteiger partial charge in [0.1, 0.15) is 23.0 Å². The highest BCUT2D eigenvalue weighted by molar-refractivity contribution is 6.63. The van der Waals surface area contributed by atoms with Crippen molar-refractivity contribution in [3.05, 3.63) is 155 Å². The first-order valence-corrected chi connectivity index (χ1v) is 25.5. The fourth-order valence-electron chi connectivity index (χ4n) is 11.2. The zero-order chi connectivity index (χ0) is 49.5. The summed E-state index contributed by atoms with van der Waals surface area (Å²) in [5, 5.41) is 0. The number of rotatable bonds is 12. The summed E-state index contributed by atoms with van der Waals surface area (Å²) in [4.78, 5) is 57.4. The Morgan fingerprint density at radius 1 is 0.471 bits per heavy atom. The summed E-state index contributed by atoms with van der Waals surface area (Å²) in [6.45, 7) is 9.71. The summed E-state index contributed by atoms with van der Waals surface area (Å²) in [7, 11) is 0. The van der Waals surface area contributed by atoms with Crippen molar-refractivity contribution in [3.8, 4) is 0 Å². The zero-order valence-corrected chi connectivity index (χ0v) is 41.9. The maximum Gasteiger partial charge on any atom is 0.238 e. The third-order valence-corrected chi connectivity index (χ3v) is 13.8. The fraction of sp³-hybridized carbons (Fsp3) is 0.418. The zero-order valence-electron chi connectivity index (χ0n) is 39.7. The topological polar surface area (TPSA) is 130 Å². The van der Waals surface area contributed by atoms with Crippen LogP contribution in [0.25, 0.3) is 0 Å². The van der Waals surface area contributed by atoms with Crippen molar-refractivity contribution in [3.63, 3.8) is 0 Å². The number of fused-ring (bicyclic) bond motifs is 6. The fourth-order valence-corrected chi connectivity index (χ4v) is 11.2. The van der Waals surface area contributed by atoms with Crippen LogP contribution in [0.5, 0.6) is 0 Å². The summed E-state index contributed by atoms with van der Waals surface area (Å²) < 4.78 is 35.7. The minimum absolute atomic E-state index is 0.0257. The van der Waals surface area contributed by atoms with E-state index in [0.717, 1.165) is 11.1 Å². The van der Waals surface area contributed by atoms with Crippen LogP contribution in [-0.2, 0) is 47.6 Å². The predicted octanol–water partition coefficient (Wildman–Crippen LogP) is 11.2. The summed E-state index contributed by atoms with van der Waals surface area (Å²) in [5.41, 5.74) is 3.45. The number of anilines is 2. The number of amides is 4. The molecule has 4 heterocycles. The number of hydrogen-bond acceptors (Lipinski definition) is 10. The number of alkyl halides is 3. The normalized spacial score (nSPS) is 27.8. The van der Waals surface area contributed by atoms with Gasteiger partial charge in [0.2, 0.25) is 23.6 Å². The number of carbonyl (C=O) groups excluding carboxylic acids is 4. The SMILES string of the molecule is CCOC1=C2O[C@H](OCC)C[C@H](c3ccccc3)[C@H]2[C@H]2C(=O)N(c3ccccc3)C(=O)[C@H]2C1.CCOC1=C2O[C@H](OCC)C[C@H](c3ccccc3)[C@H]2[C@H]2C(=O)N(c3ccccc3)C(=O)[C@H]2C1.ClC(Cl)Cl. The van der Waals surface area contributed by atoms with Crippen LogP contribution in [0.1, 0.15) is 76.3 Å². The molecule has 0 saturated carbocycles. The van der Waals surface area contributed by atoms with E-state index in [2.05, 4.69) is 24.3 Å². The molecule has 0 N–H and O–H groups in total. The van der Waals surface area contributed by atoms with Crippen LogP contribution < -0.4 is 9.80 Å². The molecule has 0 aromatic heterocycles. The van der Waals surface area contributed by atoms with E-state index < -0.39 is 40.5 Å². The third-order valence-electron chi connectivity index (χ3n) is 13.8. The van der Waals surface area contributed by atoms with Gasteiger partial charge < -0.3 is 28.4 Å². The maximum absolute atomic E-state index is 13.8. The summed E-state index contributed by atoms with van der Waals surface area (Å²) in [6.07, 6.45) is 1.10. The van der Waals surface area contributed by atoms with Gasteiger partial charge in [-0.05, 0) is 63.1 Å². The first-order valence-electron chi connectivity index (χ1n) is 24.2. The van der Waals surface area contributed by atoms with Crippen molar-refractivity contribution in [2.75, 3.05) is 36.2 Å². The summed E-state index contributed by atoms with van der Waals surface area (Å²) >= 11 is 14.4. The molecule has 4 saturated heterocycles. The van der Waals surface area contributed by atoms with E-state index in [1.807, 2.05) is 125 Å². The molecule has 12 nitrogen and oxygen atoms in total. The summed E-state index contributed by atoms with van der Waals surface area (Å²) in [6, 6.07) is 38.7. The smallest absolute Gasteiger partial charge is 0.238 e. The van der Waals surface area contributed by atoms with Gasteiger partial charge in [0.05, 0.1) is 48.3 Å². The molecule has 4 aliphatic heterocycles. The van der Waals surface area contributed by atoms with E-state index >= 15 is 0 Å². The number of ether oxygens (including phenoxy) is 6. The Morgan fingerprint density at radius 3 is 1.11 bits per heavy atom. The van der Waals surface area contributed by atoms with Crippen LogP contribution in [-0.4, -0.2) is 66.9 Å².